The fourth-order valence-electron chi connectivity index (χ4n) is 1.50. The van der Waals surface area contributed by atoms with E-state index in [1.54, 1.807) is 0 Å². The van der Waals surface area contributed by atoms with E-state index in [9.17, 15) is 0 Å². The number of hydrogen-bond acceptors (Lipinski definition) is 2. The lowest BCUT2D eigenvalue weighted by molar-refractivity contribution is 0.587. The molecule has 15 heavy (non-hydrogen) atoms. The van der Waals surface area contributed by atoms with Gasteiger partial charge in [-0.15, -0.1) is 11.3 Å². The van der Waals surface area contributed by atoms with Crippen molar-refractivity contribution >= 4 is 21.6 Å². The molecule has 0 fully saturated rings. The third-order valence-corrected chi connectivity index (χ3v) is 4.09. The summed E-state index contributed by atoms with van der Waals surface area (Å²) in [7, 11) is 0. The van der Waals surface area contributed by atoms with Gasteiger partial charge in [0.25, 0.3) is 0 Å². The summed E-state index contributed by atoms with van der Waals surface area (Å²) in [6.07, 6.45) is 0. The molecule has 1 aromatic carbocycles. The van der Waals surface area contributed by atoms with E-state index in [0.717, 1.165) is 5.52 Å². The molecule has 1 aromatic heterocycles. The maximum Gasteiger partial charge on any atom is 0.0992 e. The van der Waals surface area contributed by atoms with Crippen LogP contribution in [0.2, 0.25) is 0 Å². The van der Waals surface area contributed by atoms with Gasteiger partial charge in [0.1, 0.15) is 0 Å². The molecule has 0 aliphatic heterocycles. The topological polar surface area (TPSA) is 12.9 Å². The van der Waals surface area contributed by atoms with Crippen molar-refractivity contribution in [2.75, 3.05) is 0 Å². The first-order valence-corrected chi connectivity index (χ1v) is 6.08. The standard InChI is InChI=1S/C13H17NS/c1-8-6-10-11(7-9(8)2)15-12(14-10)13(3,4)5/h6-7H,1-5H3. The number of thiazole rings is 1. The molecule has 2 aromatic rings. The Balaban J connectivity index is 2.66. The van der Waals surface area contributed by atoms with Crippen LogP contribution in [0.1, 0.15) is 36.9 Å². The Bertz CT molecular complexity index is 464. The van der Waals surface area contributed by atoms with Crippen molar-refractivity contribution in [3.8, 4) is 0 Å². The fourth-order valence-corrected chi connectivity index (χ4v) is 2.60. The van der Waals surface area contributed by atoms with E-state index < -0.39 is 0 Å². The van der Waals surface area contributed by atoms with Gasteiger partial charge < -0.3 is 0 Å². The smallest absolute Gasteiger partial charge is 0.0992 e. The van der Waals surface area contributed by atoms with Crippen molar-refractivity contribution in [2.45, 2.75) is 40.0 Å². The van der Waals surface area contributed by atoms with Crippen LogP contribution in [0.3, 0.4) is 0 Å². The average Bonchev–Trinajstić information content (AvgIpc) is 2.47. The van der Waals surface area contributed by atoms with Crippen LogP contribution in [0.15, 0.2) is 12.1 Å². The highest BCUT2D eigenvalue weighted by molar-refractivity contribution is 7.18. The summed E-state index contributed by atoms with van der Waals surface area (Å²) in [4.78, 5) is 4.70. The lowest BCUT2D eigenvalue weighted by atomic mass is 9.98. The molecule has 0 saturated heterocycles. The molecule has 0 amide bonds. The lowest BCUT2D eigenvalue weighted by Crippen LogP contribution is -2.09. The first-order valence-electron chi connectivity index (χ1n) is 5.26. The first kappa shape index (κ1) is 10.6. The Hall–Kier alpha value is -0.890. The van der Waals surface area contributed by atoms with Gasteiger partial charge in [0, 0.05) is 5.41 Å². The number of nitrogens with zero attached hydrogens (tertiary/aromatic N) is 1. The van der Waals surface area contributed by atoms with Gasteiger partial charge in [0.2, 0.25) is 0 Å². The molecule has 1 heterocycles. The fraction of sp³-hybridized carbons (Fsp3) is 0.462. The van der Waals surface area contributed by atoms with Crippen molar-refractivity contribution in [1.82, 2.24) is 4.98 Å². The van der Waals surface area contributed by atoms with Gasteiger partial charge in [0.05, 0.1) is 15.2 Å². The van der Waals surface area contributed by atoms with Gasteiger partial charge in [-0.05, 0) is 37.1 Å². The van der Waals surface area contributed by atoms with Crippen LogP contribution in [0.5, 0.6) is 0 Å². The third-order valence-electron chi connectivity index (χ3n) is 2.65. The van der Waals surface area contributed by atoms with Crippen LogP contribution in [0.25, 0.3) is 10.2 Å². The molecule has 0 N–H and O–H groups in total. The summed E-state index contributed by atoms with van der Waals surface area (Å²) in [6.45, 7) is 10.9. The van der Waals surface area contributed by atoms with Crippen molar-refractivity contribution in [2.24, 2.45) is 0 Å². The molecular formula is C13H17NS. The summed E-state index contributed by atoms with van der Waals surface area (Å²) in [5.41, 5.74) is 3.98. The third kappa shape index (κ3) is 1.91. The predicted molar refractivity (Wildman–Crippen MR) is 67.8 cm³/mol. The van der Waals surface area contributed by atoms with Gasteiger partial charge in [-0.3, -0.25) is 0 Å². The Morgan fingerprint density at radius 3 is 2.27 bits per heavy atom. The number of rotatable bonds is 0. The maximum absolute atomic E-state index is 4.70. The molecule has 0 saturated carbocycles. The highest BCUT2D eigenvalue weighted by atomic mass is 32.1. The molecule has 2 rings (SSSR count). The van der Waals surface area contributed by atoms with Gasteiger partial charge >= 0.3 is 0 Å². The quantitative estimate of drug-likeness (QED) is 0.646. The summed E-state index contributed by atoms with van der Waals surface area (Å²) in [6, 6.07) is 4.44. The van der Waals surface area contributed by atoms with Crippen molar-refractivity contribution in [3.05, 3.63) is 28.3 Å². The lowest BCUT2D eigenvalue weighted by Gasteiger charge is -2.13. The van der Waals surface area contributed by atoms with E-state index in [1.807, 2.05) is 11.3 Å². The SMILES string of the molecule is Cc1cc2nc(C(C)(C)C)sc2cc1C. The molecule has 0 bridgehead atoms. The van der Waals surface area contributed by atoms with Crippen molar-refractivity contribution < 1.29 is 0 Å². The monoisotopic (exact) mass is 219 g/mol. The number of aryl methyl sites for hydroxylation is 2. The molecule has 0 radical (unpaired) electrons. The second kappa shape index (κ2) is 3.31. The summed E-state index contributed by atoms with van der Waals surface area (Å²) >= 11 is 1.82. The van der Waals surface area contributed by atoms with Crippen LogP contribution in [-0.4, -0.2) is 4.98 Å². The molecule has 0 aliphatic carbocycles. The summed E-state index contributed by atoms with van der Waals surface area (Å²) in [5.74, 6) is 0. The van der Waals surface area contributed by atoms with E-state index in [-0.39, 0.29) is 5.41 Å². The van der Waals surface area contributed by atoms with Crippen molar-refractivity contribution in [3.63, 3.8) is 0 Å². The Labute approximate surface area is 95.2 Å². The largest absolute Gasteiger partial charge is 0.241 e. The Morgan fingerprint density at radius 2 is 1.67 bits per heavy atom. The number of aromatic nitrogens is 1. The van der Waals surface area contributed by atoms with Crippen LogP contribution >= 0.6 is 11.3 Å². The van der Waals surface area contributed by atoms with Gasteiger partial charge in [-0.1, -0.05) is 20.8 Å². The summed E-state index contributed by atoms with van der Waals surface area (Å²) < 4.78 is 1.31. The highest BCUT2D eigenvalue weighted by Gasteiger charge is 2.18. The number of benzene rings is 1. The zero-order chi connectivity index (χ0) is 11.2. The highest BCUT2D eigenvalue weighted by Crippen LogP contribution is 2.32. The van der Waals surface area contributed by atoms with E-state index >= 15 is 0 Å². The van der Waals surface area contributed by atoms with Crippen LogP contribution in [0, 0.1) is 13.8 Å². The zero-order valence-corrected chi connectivity index (χ0v) is 10.8. The van der Waals surface area contributed by atoms with E-state index in [1.165, 1.54) is 20.8 Å². The Morgan fingerprint density at radius 1 is 1.07 bits per heavy atom. The first-order chi connectivity index (χ1) is 6.88. The normalized spacial score (nSPS) is 12.3. The molecular weight excluding hydrogens is 202 g/mol. The van der Waals surface area contributed by atoms with E-state index in [4.69, 9.17) is 4.98 Å². The van der Waals surface area contributed by atoms with Gasteiger partial charge in [0.15, 0.2) is 0 Å². The number of hydrogen-bond donors (Lipinski definition) is 0. The average molecular weight is 219 g/mol. The maximum atomic E-state index is 4.70. The number of fused-ring (bicyclic) bond motifs is 1. The van der Waals surface area contributed by atoms with Crippen LogP contribution in [-0.2, 0) is 5.41 Å². The summed E-state index contributed by atoms with van der Waals surface area (Å²) in [5, 5.41) is 1.22. The van der Waals surface area contributed by atoms with Gasteiger partial charge in [-0.2, -0.15) is 0 Å². The molecule has 0 aliphatic rings. The van der Waals surface area contributed by atoms with Crippen LogP contribution < -0.4 is 0 Å². The zero-order valence-electron chi connectivity index (χ0n) is 10.0. The molecule has 0 unspecified atom stereocenters. The second-order valence-electron chi connectivity index (χ2n) is 5.17. The Kier molecular flexibility index (Phi) is 2.34. The molecule has 0 spiro atoms. The minimum atomic E-state index is 0.158. The van der Waals surface area contributed by atoms with Crippen molar-refractivity contribution in [1.29, 1.82) is 0 Å². The second-order valence-corrected chi connectivity index (χ2v) is 6.20. The minimum Gasteiger partial charge on any atom is -0.241 e. The van der Waals surface area contributed by atoms with Crippen LogP contribution in [0.4, 0.5) is 0 Å². The van der Waals surface area contributed by atoms with E-state index in [2.05, 4.69) is 46.8 Å². The molecule has 1 nitrogen and oxygen atoms in total. The molecule has 80 valence electrons. The molecule has 0 atom stereocenters. The predicted octanol–water partition coefficient (Wildman–Crippen LogP) is 4.21. The van der Waals surface area contributed by atoms with E-state index in [0.29, 0.717) is 0 Å². The van der Waals surface area contributed by atoms with Gasteiger partial charge in [-0.25, -0.2) is 4.98 Å². The molecule has 2 heteroatoms. The minimum absolute atomic E-state index is 0.158.